The van der Waals surface area contributed by atoms with E-state index in [0.717, 1.165) is 4.90 Å². The van der Waals surface area contributed by atoms with E-state index in [1.165, 1.54) is 0 Å². The molecule has 138 valence electrons. The van der Waals surface area contributed by atoms with Gasteiger partial charge in [-0.15, -0.1) is 0 Å². The third-order valence-corrected chi connectivity index (χ3v) is 4.05. The molecular formula is C20H19N3O4. The molecule has 0 atom stereocenters. The predicted molar refractivity (Wildman–Crippen MR) is 99.5 cm³/mol. The van der Waals surface area contributed by atoms with E-state index in [-0.39, 0.29) is 23.1 Å². The normalized spacial score (nSPS) is 12.9. The van der Waals surface area contributed by atoms with Crippen LogP contribution in [0.4, 0.5) is 5.69 Å². The van der Waals surface area contributed by atoms with Crippen LogP contribution in [0.3, 0.4) is 0 Å². The molecule has 1 aliphatic rings. The van der Waals surface area contributed by atoms with Crippen LogP contribution >= 0.6 is 0 Å². The van der Waals surface area contributed by atoms with Crippen molar-refractivity contribution in [2.45, 2.75) is 19.9 Å². The number of imide groups is 1. The molecule has 0 aromatic heterocycles. The molecule has 7 nitrogen and oxygen atoms in total. The lowest BCUT2D eigenvalue weighted by molar-refractivity contribution is -0.116. The first kappa shape index (κ1) is 18.3. The van der Waals surface area contributed by atoms with Crippen LogP contribution in [0.5, 0.6) is 0 Å². The van der Waals surface area contributed by atoms with Gasteiger partial charge in [-0.3, -0.25) is 24.1 Å². The molecule has 0 fully saturated rings. The van der Waals surface area contributed by atoms with Gasteiger partial charge >= 0.3 is 0 Å². The molecule has 27 heavy (non-hydrogen) atoms. The van der Waals surface area contributed by atoms with E-state index in [4.69, 9.17) is 0 Å². The van der Waals surface area contributed by atoms with E-state index in [1.54, 1.807) is 48.5 Å². The maximum atomic E-state index is 12.4. The number of fused-ring (bicyclic) bond motifs is 1. The molecule has 4 amide bonds. The molecule has 0 radical (unpaired) electrons. The number of para-hydroxylation sites is 1. The third kappa shape index (κ3) is 3.72. The maximum Gasteiger partial charge on any atom is 0.262 e. The smallest absolute Gasteiger partial charge is 0.262 e. The number of amides is 4. The van der Waals surface area contributed by atoms with Gasteiger partial charge in [0.25, 0.3) is 17.7 Å². The van der Waals surface area contributed by atoms with Crippen molar-refractivity contribution in [2.75, 3.05) is 11.9 Å². The number of carbonyl (C=O) groups excluding carboxylic acids is 4. The Kier molecular flexibility index (Phi) is 5.03. The fourth-order valence-electron chi connectivity index (χ4n) is 2.85. The zero-order valence-corrected chi connectivity index (χ0v) is 15.0. The van der Waals surface area contributed by atoms with Crippen molar-refractivity contribution in [3.63, 3.8) is 0 Å². The topological polar surface area (TPSA) is 95.6 Å². The van der Waals surface area contributed by atoms with Gasteiger partial charge in [-0.2, -0.15) is 0 Å². The van der Waals surface area contributed by atoms with Gasteiger partial charge in [0.15, 0.2) is 0 Å². The molecule has 0 saturated carbocycles. The van der Waals surface area contributed by atoms with Gasteiger partial charge in [0.1, 0.15) is 6.54 Å². The Morgan fingerprint density at radius 3 is 2.07 bits per heavy atom. The van der Waals surface area contributed by atoms with E-state index in [2.05, 4.69) is 10.6 Å². The van der Waals surface area contributed by atoms with Crippen LogP contribution in [0.2, 0.25) is 0 Å². The second kappa shape index (κ2) is 7.41. The van der Waals surface area contributed by atoms with Crippen LogP contribution in [0.15, 0.2) is 48.5 Å². The van der Waals surface area contributed by atoms with Gasteiger partial charge in [-0.1, -0.05) is 24.3 Å². The van der Waals surface area contributed by atoms with Crippen molar-refractivity contribution in [1.82, 2.24) is 10.2 Å². The second-order valence-electron chi connectivity index (χ2n) is 6.46. The van der Waals surface area contributed by atoms with E-state index < -0.39 is 24.3 Å². The van der Waals surface area contributed by atoms with Gasteiger partial charge in [-0.25, -0.2) is 0 Å². The summed E-state index contributed by atoms with van der Waals surface area (Å²) >= 11 is 0. The largest absolute Gasteiger partial charge is 0.350 e. The minimum atomic E-state index is -0.561. The Balaban J connectivity index is 1.74. The number of nitrogens with one attached hydrogen (secondary N) is 2. The molecule has 3 rings (SSSR count). The molecule has 1 aliphatic heterocycles. The summed E-state index contributed by atoms with van der Waals surface area (Å²) < 4.78 is 0. The van der Waals surface area contributed by atoms with Crippen molar-refractivity contribution in [3.8, 4) is 0 Å². The molecule has 7 heteroatoms. The highest BCUT2D eigenvalue weighted by Gasteiger charge is 2.36. The zero-order chi connectivity index (χ0) is 19.6. The van der Waals surface area contributed by atoms with Crippen molar-refractivity contribution in [2.24, 2.45) is 0 Å². The summed E-state index contributed by atoms with van der Waals surface area (Å²) in [6.07, 6.45) is 0. The van der Waals surface area contributed by atoms with Gasteiger partial charge in [0.2, 0.25) is 5.91 Å². The summed E-state index contributed by atoms with van der Waals surface area (Å²) in [7, 11) is 0. The summed E-state index contributed by atoms with van der Waals surface area (Å²) in [6, 6.07) is 12.9. The molecule has 1 heterocycles. The SMILES string of the molecule is CC(C)NC(=O)c1ccccc1NC(=O)CN1C(=O)c2ccccc2C1=O. The average Bonchev–Trinajstić information content (AvgIpc) is 2.87. The number of anilines is 1. The monoisotopic (exact) mass is 365 g/mol. The molecule has 2 N–H and O–H groups in total. The predicted octanol–water partition coefficient (Wildman–Crippen LogP) is 2.06. The molecular weight excluding hydrogens is 346 g/mol. The molecule has 0 aliphatic carbocycles. The highest BCUT2D eigenvalue weighted by Crippen LogP contribution is 2.22. The third-order valence-electron chi connectivity index (χ3n) is 4.05. The van der Waals surface area contributed by atoms with Crippen LogP contribution in [0.1, 0.15) is 44.9 Å². The molecule has 0 spiro atoms. The Hall–Kier alpha value is -3.48. The Morgan fingerprint density at radius 1 is 0.926 bits per heavy atom. The first-order valence-corrected chi connectivity index (χ1v) is 8.53. The first-order valence-electron chi connectivity index (χ1n) is 8.53. The Morgan fingerprint density at radius 2 is 1.48 bits per heavy atom. The number of nitrogens with zero attached hydrogens (tertiary/aromatic N) is 1. The summed E-state index contributed by atoms with van der Waals surface area (Å²) in [6.45, 7) is 3.25. The van der Waals surface area contributed by atoms with Crippen molar-refractivity contribution in [1.29, 1.82) is 0 Å². The number of carbonyl (C=O) groups is 4. The maximum absolute atomic E-state index is 12.4. The van der Waals surface area contributed by atoms with Gasteiger partial charge in [0, 0.05) is 6.04 Å². The summed E-state index contributed by atoms with van der Waals surface area (Å²) in [5.74, 6) is -1.89. The lowest BCUT2D eigenvalue weighted by Gasteiger charge is -2.16. The fourth-order valence-corrected chi connectivity index (χ4v) is 2.85. The Bertz CT molecular complexity index is 901. The number of benzene rings is 2. The quantitative estimate of drug-likeness (QED) is 0.793. The first-order chi connectivity index (χ1) is 12.9. The van der Waals surface area contributed by atoms with Gasteiger partial charge < -0.3 is 10.6 Å². The van der Waals surface area contributed by atoms with E-state index in [9.17, 15) is 19.2 Å². The summed E-state index contributed by atoms with van der Waals surface area (Å²) in [5.41, 5.74) is 1.19. The second-order valence-corrected chi connectivity index (χ2v) is 6.46. The Labute approximate surface area is 156 Å². The van der Waals surface area contributed by atoms with Crippen molar-refractivity contribution in [3.05, 3.63) is 65.2 Å². The van der Waals surface area contributed by atoms with E-state index >= 15 is 0 Å². The lowest BCUT2D eigenvalue weighted by atomic mass is 10.1. The van der Waals surface area contributed by atoms with Crippen LogP contribution in [-0.4, -0.2) is 41.1 Å². The van der Waals surface area contributed by atoms with Crippen LogP contribution < -0.4 is 10.6 Å². The van der Waals surface area contributed by atoms with Crippen molar-refractivity contribution < 1.29 is 19.2 Å². The molecule has 0 saturated heterocycles. The lowest BCUT2D eigenvalue weighted by Crippen LogP contribution is -2.38. The minimum Gasteiger partial charge on any atom is -0.350 e. The fraction of sp³-hybridized carbons (Fsp3) is 0.200. The summed E-state index contributed by atoms with van der Waals surface area (Å²) in [4.78, 5) is 50.3. The number of rotatable bonds is 5. The number of hydrogen-bond donors (Lipinski definition) is 2. The highest BCUT2D eigenvalue weighted by molar-refractivity contribution is 6.22. The van der Waals surface area contributed by atoms with Crippen LogP contribution in [0.25, 0.3) is 0 Å². The zero-order valence-electron chi connectivity index (χ0n) is 15.0. The van der Waals surface area contributed by atoms with E-state index in [1.807, 2.05) is 13.8 Å². The average molecular weight is 365 g/mol. The highest BCUT2D eigenvalue weighted by atomic mass is 16.2. The van der Waals surface area contributed by atoms with Gasteiger partial charge in [0.05, 0.1) is 22.4 Å². The molecule has 0 unspecified atom stereocenters. The van der Waals surface area contributed by atoms with E-state index in [0.29, 0.717) is 11.3 Å². The van der Waals surface area contributed by atoms with Gasteiger partial charge in [-0.05, 0) is 38.1 Å². The van der Waals surface area contributed by atoms with Crippen LogP contribution in [0, 0.1) is 0 Å². The van der Waals surface area contributed by atoms with Crippen LogP contribution in [-0.2, 0) is 4.79 Å². The van der Waals surface area contributed by atoms with Crippen molar-refractivity contribution >= 4 is 29.3 Å². The minimum absolute atomic E-state index is 0.0559. The standard InChI is InChI=1S/C20H19N3O4/c1-12(2)21-18(25)15-9-5-6-10-16(15)22-17(24)11-23-19(26)13-7-3-4-8-14(13)20(23)27/h3-10,12H,11H2,1-2H3,(H,21,25)(H,22,24). The molecule has 2 aromatic carbocycles. The molecule has 0 bridgehead atoms. The molecule has 2 aromatic rings. The summed E-state index contributed by atoms with van der Waals surface area (Å²) in [5, 5.41) is 5.38. The number of hydrogen-bond acceptors (Lipinski definition) is 4.